The number of hydrogen-bond acceptors (Lipinski definition) is 8. The summed E-state index contributed by atoms with van der Waals surface area (Å²) >= 11 is 0. The summed E-state index contributed by atoms with van der Waals surface area (Å²) in [7, 11) is -4.53. The van der Waals surface area contributed by atoms with Crippen molar-refractivity contribution in [3.05, 3.63) is 60.8 Å². The quantitative estimate of drug-likeness (QED) is 0.0236. The molecule has 0 aromatic carbocycles. The average Bonchev–Trinajstić information content (AvgIpc) is 3.31. The van der Waals surface area contributed by atoms with Gasteiger partial charge in [0.15, 0.2) is 0 Å². The molecule has 0 aliphatic rings. The minimum absolute atomic E-state index is 0.0440. The van der Waals surface area contributed by atoms with Crippen molar-refractivity contribution in [2.75, 3.05) is 33.0 Å². The number of allylic oxidation sites excluding steroid dienone is 10. The molecule has 66 heavy (non-hydrogen) atoms. The molecule has 0 heterocycles. The van der Waals surface area contributed by atoms with Crippen molar-refractivity contribution in [3.63, 3.8) is 0 Å². The molecule has 0 bridgehead atoms. The first-order valence-corrected chi connectivity index (χ1v) is 28.8. The first-order chi connectivity index (χ1) is 32.3. The second-order valence-electron chi connectivity index (χ2n) is 18.2. The van der Waals surface area contributed by atoms with Crippen LogP contribution in [0.15, 0.2) is 60.8 Å². The largest absolute Gasteiger partial charge is 0.472 e. The van der Waals surface area contributed by atoms with Crippen molar-refractivity contribution in [1.29, 1.82) is 0 Å². The first-order valence-electron chi connectivity index (χ1n) is 27.3. The molecule has 3 N–H and O–H groups in total. The SMILES string of the molecule is CC/C=C\C/C=C\C/C=C\C/C=C\CCCCCCCCCCCOCC(COP(=O)(O)OCC(O)CO)OC(=O)CCCCCCCCCCCCC/C=C\CCCCCCCCCC. The zero-order valence-electron chi connectivity index (χ0n) is 42.7. The molecule has 0 amide bonds. The summed E-state index contributed by atoms with van der Waals surface area (Å²) in [6.45, 7) is 3.42. The summed E-state index contributed by atoms with van der Waals surface area (Å²) in [4.78, 5) is 22.7. The fraction of sp³-hybridized carbons (Fsp3) is 0.804. The van der Waals surface area contributed by atoms with Gasteiger partial charge in [-0.05, 0) is 77.0 Å². The maximum absolute atomic E-state index is 12.7. The number of phosphoric acid groups is 1. The predicted octanol–water partition coefficient (Wildman–Crippen LogP) is 16.3. The van der Waals surface area contributed by atoms with Crippen LogP contribution in [0.4, 0.5) is 0 Å². The molecule has 9 nitrogen and oxygen atoms in total. The monoisotopic (exact) mass is 951 g/mol. The zero-order chi connectivity index (χ0) is 48.1. The van der Waals surface area contributed by atoms with Crippen LogP contribution in [0, 0.1) is 0 Å². The van der Waals surface area contributed by atoms with Crippen LogP contribution in [0.3, 0.4) is 0 Å². The van der Waals surface area contributed by atoms with Crippen LogP contribution in [0.2, 0.25) is 0 Å². The van der Waals surface area contributed by atoms with Gasteiger partial charge in [0.25, 0.3) is 0 Å². The van der Waals surface area contributed by atoms with Crippen LogP contribution in [0.1, 0.15) is 245 Å². The van der Waals surface area contributed by atoms with Crippen LogP contribution >= 0.6 is 7.82 Å². The number of hydrogen-bond donors (Lipinski definition) is 3. The van der Waals surface area contributed by atoms with Gasteiger partial charge in [-0.15, -0.1) is 0 Å². The van der Waals surface area contributed by atoms with Gasteiger partial charge < -0.3 is 24.6 Å². The van der Waals surface area contributed by atoms with E-state index in [1.54, 1.807) is 0 Å². The molecule has 3 atom stereocenters. The Morgan fingerprint density at radius 3 is 1.32 bits per heavy atom. The molecule has 0 saturated carbocycles. The number of carbonyl (C=O) groups is 1. The van der Waals surface area contributed by atoms with E-state index in [0.29, 0.717) is 6.61 Å². The highest BCUT2D eigenvalue weighted by atomic mass is 31.2. The highest BCUT2D eigenvalue weighted by molar-refractivity contribution is 7.47. The molecule has 0 aromatic heterocycles. The van der Waals surface area contributed by atoms with E-state index in [1.165, 1.54) is 154 Å². The number of carbonyl (C=O) groups excluding carboxylic acids is 1. The fourth-order valence-corrected chi connectivity index (χ4v) is 8.37. The molecule has 0 radical (unpaired) electrons. The molecule has 0 aliphatic carbocycles. The molecule has 0 fully saturated rings. The van der Waals surface area contributed by atoms with Crippen LogP contribution in [0.25, 0.3) is 0 Å². The number of aliphatic hydroxyl groups is 2. The Labute approximate surface area is 406 Å². The Morgan fingerprint density at radius 2 is 0.864 bits per heavy atom. The van der Waals surface area contributed by atoms with Gasteiger partial charge in [-0.3, -0.25) is 13.8 Å². The lowest BCUT2D eigenvalue weighted by Crippen LogP contribution is -2.29. The van der Waals surface area contributed by atoms with Gasteiger partial charge in [0.2, 0.25) is 0 Å². The molecule has 10 heteroatoms. The molecule has 0 spiro atoms. The normalized spacial score (nSPS) is 14.2. The van der Waals surface area contributed by atoms with E-state index in [2.05, 4.69) is 74.6 Å². The minimum Gasteiger partial charge on any atom is -0.457 e. The molecular weight excluding hydrogens is 848 g/mol. The van der Waals surface area contributed by atoms with Crippen molar-refractivity contribution < 1.29 is 43.0 Å². The third-order valence-corrected chi connectivity index (χ3v) is 12.6. The van der Waals surface area contributed by atoms with Gasteiger partial charge in [0.05, 0.1) is 26.4 Å². The minimum atomic E-state index is -4.53. The van der Waals surface area contributed by atoms with E-state index in [1.807, 2.05) is 0 Å². The van der Waals surface area contributed by atoms with Crippen LogP contribution < -0.4 is 0 Å². The van der Waals surface area contributed by atoms with E-state index in [0.717, 1.165) is 70.6 Å². The standard InChI is InChI=1S/C56H103O9P/c1-3-5-7-9-11-13-15-17-19-21-23-25-27-28-30-32-34-36-38-40-42-44-46-48-56(59)65-55(53-64-66(60,61)63-51-54(58)50-57)52-62-49-47-45-43-41-39-37-35-33-31-29-26-24-22-20-18-16-14-12-10-8-6-4-2/h6,8,12,14,18,20-21,23-24,26,54-55,57-58H,3-5,7,9-11,13,15-17,19,22,25,27-53H2,1-2H3,(H,60,61)/b8-6-,14-12-,20-18-,23-21-,26-24-. The maximum atomic E-state index is 12.7. The molecular formula is C56H103O9P. The first kappa shape index (κ1) is 64.2. The number of ether oxygens (including phenoxy) is 2. The lowest BCUT2D eigenvalue weighted by molar-refractivity contribution is -0.154. The van der Waals surface area contributed by atoms with Crippen molar-refractivity contribution >= 4 is 13.8 Å². The smallest absolute Gasteiger partial charge is 0.457 e. The molecule has 0 saturated heterocycles. The van der Waals surface area contributed by atoms with E-state index >= 15 is 0 Å². The lowest BCUT2D eigenvalue weighted by atomic mass is 10.0. The summed E-state index contributed by atoms with van der Waals surface area (Å²) in [6.07, 6.45) is 63.3. The van der Waals surface area contributed by atoms with Gasteiger partial charge in [-0.25, -0.2) is 4.57 Å². The zero-order valence-corrected chi connectivity index (χ0v) is 43.6. The van der Waals surface area contributed by atoms with Crippen molar-refractivity contribution in [2.45, 2.75) is 257 Å². The lowest BCUT2D eigenvalue weighted by Gasteiger charge is -2.20. The van der Waals surface area contributed by atoms with E-state index in [-0.39, 0.29) is 25.6 Å². The summed E-state index contributed by atoms with van der Waals surface area (Å²) in [5, 5.41) is 18.4. The fourth-order valence-electron chi connectivity index (χ4n) is 7.58. The average molecular weight is 951 g/mol. The third-order valence-electron chi connectivity index (χ3n) is 11.7. The number of unbranched alkanes of at least 4 members (excludes halogenated alkanes) is 28. The summed E-state index contributed by atoms with van der Waals surface area (Å²) < 4.78 is 33.6. The second-order valence-corrected chi connectivity index (χ2v) is 19.7. The Bertz CT molecular complexity index is 1220. The van der Waals surface area contributed by atoms with Crippen LogP contribution in [-0.2, 0) is 27.9 Å². The van der Waals surface area contributed by atoms with Crippen molar-refractivity contribution in [1.82, 2.24) is 0 Å². The Morgan fingerprint density at radius 1 is 0.485 bits per heavy atom. The molecule has 3 unspecified atom stereocenters. The Balaban J connectivity index is 4.05. The highest BCUT2D eigenvalue weighted by Gasteiger charge is 2.26. The van der Waals surface area contributed by atoms with Gasteiger partial charge >= 0.3 is 13.8 Å². The molecule has 0 aliphatic heterocycles. The molecule has 386 valence electrons. The second kappa shape index (κ2) is 52.5. The van der Waals surface area contributed by atoms with Gasteiger partial charge in [0.1, 0.15) is 12.2 Å². The highest BCUT2D eigenvalue weighted by Crippen LogP contribution is 2.43. The maximum Gasteiger partial charge on any atom is 0.472 e. The van der Waals surface area contributed by atoms with E-state index in [4.69, 9.17) is 23.6 Å². The van der Waals surface area contributed by atoms with Crippen LogP contribution in [0.5, 0.6) is 0 Å². The van der Waals surface area contributed by atoms with E-state index in [9.17, 15) is 19.4 Å². The van der Waals surface area contributed by atoms with Gasteiger partial charge in [0, 0.05) is 13.0 Å². The van der Waals surface area contributed by atoms with E-state index < -0.39 is 33.2 Å². The van der Waals surface area contributed by atoms with Crippen molar-refractivity contribution in [2.24, 2.45) is 0 Å². The Kier molecular flexibility index (Phi) is 51.1. The van der Waals surface area contributed by atoms with Gasteiger partial charge in [-0.2, -0.15) is 0 Å². The van der Waals surface area contributed by atoms with Crippen molar-refractivity contribution in [3.8, 4) is 0 Å². The predicted molar refractivity (Wildman–Crippen MR) is 279 cm³/mol. The molecule has 0 rings (SSSR count). The van der Waals surface area contributed by atoms with Crippen LogP contribution in [-0.4, -0.2) is 66.3 Å². The van der Waals surface area contributed by atoms with Gasteiger partial charge in [-0.1, -0.05) is 222 Å². The number of aliphatic hydroxyl groups excluding tert-OH is 2. The topological polar surface area (TPSA) is 132 Å². The molecule has 0 aromatic rings. The summed E-state index contributed by atoms with van der Waals surface area (Å²) in [5.41, 5.74) is 0. The number of phosphoric ester groups is 1. The number of esters is 1. The number of rotatable bonds is 52. The third kappa shape index (κ3) is 51.5. The Hall–Kier alpha value is -1.84. The summed E-state index contributed by atoms with van der Waals surface area (Å²) in [5.74, 6) is -0.384. The summed E-state index contributed by atoms with van der Waals surface area (Å²) in [6, 6.07) is 0.